The number of fused-ring (bicyclic) bond motifs is 1. The highest BCUT2D eigenvalue weighted by atomic mass is 16.3. The van der Waals surface area contributed by atoms with E-state index in [1.807, 2.05) is 0 Å². The Morgan fingerprint density at radius 3 is 2.55 bits per heavy atom. The van der Waals surface area contributed by atoms with Gasteiger partial charge >= 0.3 is 0 Å². The van der Waals surface area contributed by atoms with Crippen LogP contribution in [0, 0.1) is 0 Å². The van der Waals surface area contributed by atoms with E-state index in [1.54, 1.807) is 0 Å². The van der Waals surface area contributed by atoms with Crippen LogP contribution in [0.5, 0.6) is 0 Å². The molecule has 1 heterocycles. The van der Waals surface area contributed by atoms with Crippen molar-refractivity contribution in [3.63, 3.8) is 0 Å². The van der Waals surface area contributed by atoms with Gasteiger partial charge in [0.2, 0.25) is 0 Å². The molecule has 1 aliphatic rings. The maximum Gasteiger partial charge on any atom is 0.0443 e. The number of aliphatic hydroxyl groups is 1. The van der Waals surface area contributed by atoms with Crippen molar-refractivity contribution in [1.82, 2.24) is 4.90 Å². The quantitative estimate of drug-likeness (QED) is 0.920. The summed E-state index contributed by atoms with van der Waals surface area (Å²) in [7, 11) is 0. The second-order valence-corrected chi connectivity index (χ2v) is 5.47. The standard InChI is InChI=1S/C18H21NO/c20-12-6-11-19-13-16-9-4-5-10-17(16)18(14-19)15-7-2-1-3-8-15/h1-5,7-10,18,20H,6,11-14H2. The van der Waals surface area contributed by atoms with Crippen LogP contribution in [0.1, 0.15) is 29.0 Å². The van der Waals surface area contributed by atoms with Crippen molar-refractivity contribution in [2.75, 3.05) is 19.7 Å². The van der Waals surface area contributed by atoms with E-state index in [4.69, 9.17) is 5.11 Å². The Hall–Kier alpha value is -1.64. The fourth-order valence-corrected chi connectivity index (χ4v) is 3.12. The van der Waals surface area contributed by atoms with E-state index in [2.05, 4.69) is 59.5 Å². The minimum absolute atomic E-state index is 0.272. The Morgan fingerprint density at radius 1 is 1.00 bits per heavy atom. The lowest BCUT2D eigenvalue weighted by Gasteiger charge is -2.35. The van der Waals surface area contributed by atoms with Crippen LogP contribution in [-0.4, -0.2) is 29.7 Å². The lowest BCUT2D eigenvalue weighted by Crippen LogP contribution is -2.35. The van der Waals surface area contributed by atoms with Gasteiger partial charge < -0.3 is 5.11 Å². The van der Waals surface area contributed by atoms with Crippen LogP contribution in [-0.2, 0) is 6.54 Å². The van der Waals surface area contributed by atoms with Gasteiger partial charge in [0, 0.05) is 32.2 Å². The van der Waals surface area contributed by atoms with Crippen LogP contribution in [0.2, 0.25) is 0 Å². The molecule has 0 aliphatic carbocycles. The molecule has 1 N–H and O–H groups in total. The molecule has 2 aromatic rings. The summed E-state index contributed by atoms with van der Waals surface area (Å²) in [5, 5.41) is 9.05. The summed E-state index contributed by atoms with van der Waals surface area (Å²) in [4.78, 5) is 2.45. The first-order valence-corrected chi connectivity index (χ1v) is 7.34. The fraction of sp³-hybridized carbons (Fsp3) is 0.333. The van der Waals surface area contributed by atoms with Crippen LogP contribution >= 0.6 is 0 Å². The molecule has 2 aromatic carbocycles. The third-order valence-corrected chi connectivity index (χ3v) is 4.10. The molecule has 0 saturated heterocycles. The number of hydrogen-bond donors (Lipinski definition) is 1. The molecular formula is C18H21NO. The van der Waals surface area contributed by atoms with Crippen molar-refractivity contribution in [1.29, 1.82) is 0 Å². The van der Waals surface area contributed by atoms with Crippen LogP contribution in [0.15, 0.2) is 54.6 Å². The maximum atomic E-state index is 9.05. The summed E-state index contributed by atoms with van der Waals surface area (Å²) >= 11 is 0. The predicted molar refractivity (Wildman–Crippen MR) is 81.7 cm³/mol. The Kier molecular flexibility index (Phi) is 4.14. The molecule has 3 rings (SSSR count). The van der Waals surface area contributed by atoms with E-state index in [0.29, 0.717) is 5.92 Å². The van der Waals surface area contributed by atoms with Crippen molar-refractivity contribution in [3.05, 3.63) is 71.3 Å². The van der Waals surface area contributed by atoms with Crippen molar-refractivity contribution in [2.24, 2.45) is 0 Å². The minimum atomic E-state index is 0.272. The molecule has 0 saturated carbocycles. The fourth-order valence-electron chi connectivity index (χ4n) is 3.12. The molecule has 0 aromatic heterocycles. The number of benzene rings is 2. The number of rotatable bonds is 4. The topological polar surface area (TPSA) is 23.5 Å². The highest BCUT2D eigenvalue weighted by Gasteiger charge is 2.25. The molecule has 0 bridgehead atoms. The molecule has 0 spiro atoms. The minimum Gasteiger partial charge on any atom is -0.396 e. The second-order valence-electron chi connectivity index (χ2n) is 5.47. The van der Waals surface area contributed by atoms with Gasteiger partial charge in [-0.3, -0.25) is 4.90 Å². The molecule has 20 heavy (non-hydrogen) atoms. The van der Waals surface area contributed by atoms with Gasteiger partial charge in [-0.1, -0.05) is 54.6 Å². The van der Waals surface area contributed by atoms with Crippen LogP contribution in [0.25, 0.3) is 0 Å². The molecule has 104 valence electrons. The molecular weight excluding hydrogens is 246 g/mol. The highest BCUT2D eigenvalue weighted by molar-refractivity contribution is 5.40. The summed E-state index contributed by atoms with van der Waals surface area (Å²) in [6.45, 7) is 3.28. The first-order valence-electron chi connectivity index (χ1n) is 7.34. The Labute approximate surface area is 120 Å². The third kappa shape index (κ3) is 2.77. The molecule has 1 atom stereocenters. The van der Waals surface area contributed by atoms with Gasteiger partial charge in [0.15, 0.2) is 0 Å². The second kappa shape index (κ2) is 6.21. The van der Waals surface area contributed by atoms with E-state index in [9.17, 15) is 0 Å². The average Bonchev–Trinajstić information content (AvgIpc) is 2.53. The highest BCUT2D eigenvalue weighted by Crippen LogP contribution is 2.33. The van der Waals surface area contributed by atoms with Crippen LogP contribution in [0.3, 0.4) is 0 Å². The van der Waals surface area contributed by atoms with Gasteiger partial charge in [-0.2, -0.15) is 0 Å². The zero-order valence-electron chi connectivity index (χ0n) is 11.7. The summed E-state index contributed by atoms with van der Waals surface area (Å²) in [5.41, 5.74) is 4.26. The zero-order chi connectivity index (χ0) is 13.8. The van der Waals surface area contributed by atoms with Crippen LogP contribution < -0.4 is 0 Å². The molecule has 1 unspecified atom stereocenters. The summed E-state index contributed by atoms with van der Waals surface area (Å²) in [6, 6.07) is 19.5. The summed E-state index contributed by atoms with van der Waals surface area (Å²) in [5.74, 6) is 0.444. The number of nitrogens with zero attached hydrogens (tertiary/aromatic N) is 1. The first kappa shape index (κ1) is 13.3. The molecule has 0 radical (unpaired) electrons. The summed E-state index contributed by atoms with van der Waals surface area (Å²) in [6.07, 6.45) is 0.851. The van der Waals surface area contributed by atoms with Gasteiger partial charge in [0.25, 0.3) is 0 Å². The van der Waals surface area contributed by atoms with Gasteiger partial charge in [-0.25, -0.2) is 0 Å². The number of hydrogen-bond acceptors (Lipinski definition) is 2. The molecule has 2 nitrogen and oxygen atoms in total. The number of aliphatic hydroxyl groups excluding tert-OH is 1. The smallest absolute Gasteiger partial charge is 0.0443 e. The van der Waals surface area contributed by atoms with Gasteiger partial charge in [0.1, 0.15) is 0 Å². The first-order chi connectivity index (χ1) is 9.88. The van der Waals surface area contributed by atoms with Crippen molar-refractivity contribution < 1.29 is 5.11 Å². The van der Waals surface area contributed by atoms with Gasteiger partial charge in [-0.05, 0) is 23.1 Å². The van der Waals surface area contributed by atoms with Gasteiger partial charge in [0.05, 0.1) is 0 Å². The average molecular weight is 267 g/mol. The zero-order valence-corrected chi connectivity index (χ0v) is 11.7. The maximum absolute atomic E-state index is 9.05. The molecule has 2 heteroatoms. The Bertz CT molecular complexity index is 552. The van der Waals surface area contributed by atoms with E-state index >= 15 is 0 Å². The molecule has 0 fully saturated rings. The summed E-state index contributed by atoms with van der Waals surface area (Å²) < 4.78 is 0. The Balaban J connectivity index is 1.91. The molecule has 1 aliphatic heterocycles. The van der Waals surface area contributed by atoms with Crippen molar-refractivity contribution in [2.45, 2.75) is 18.9 Å². The normalized spacial score (nSPS) is 18.8. The van der Waals surface area contributed by atoms with E-state index in [1.165, 1.54) is 16.7 Å². The van der Waals surface area contributed by atoms with Crippen molar-refractivity contribution >= 4 is 0 Å². The van der Waals surface area contributed by atoms with E-state index in [0.717, 1.165) is 26.1 Å². The lowest BCUT2D eigenvalue weighted by atomic mass is 9.84. The monoisotopic (exact) mass is 267 g/mol. The third-order valence-electron chi connectivity index (χ3n) is 4.10. The predicted octanol–water partition coefficient (Wildman–Crippen LogP) is 3.02. The van der Waals surface area contributed by atoms with Gasteiger partial charge in [-0.15, -0.1) is 0 Å². The SMILES string of the molecule is OCCCN1Cc2ccccc2C(c2ccccc2)C1. The van der Waals surface area contributed by atoms with Crippen molar-refractivity contribution in [3.8, 4) is 0 Å². The van der Waals surface area contributed by atoms with Crippen LogP contribution in [0.4, 0.5) is 0 Å². The Morgan fingerprint density at radius 2 is 1.75 bits per heavy atom. The largest absolute Gasteiger partial charge is 0.396 e. The lowest BCUT2D eigenvalue weighted by molar-refractivity contribution is 0.204. The van der Waals surface area contributed by atoms with E-state index in [-0.39, 0.29) is 6.61 Å². The molecule has 0 amide bonds. The van der Waals surface area contributed by atoms with E-state index < -0.39 is 0 Å².